The second kappa shape index (κ2) is 2.64. The first-order valence-electron chi connectivity index (χ1n) is 3.28. The van der Waals surface area contributed by atoms with E-state index in [1.807, 2.05) is 14.1 Å². The molecule has 0 saturated carbocycles. The van der Waals surface area contributed by atoms with Gasteiger partial charge in [0.25, 0.3) is 0 Å². The Kier molecular flexibility index (Phi) is 2.05. The van der Waals surface area contributed by atoms with E-state index in [9.17, 15) is 5.11 Å². The molecular formula is C6H14N2O. The highest BCUT2D eigenvalue weighted by atomic mass is 16.3. The number of nitrogens with one attached hydrogen (secondary N) is 1. The first kappa shape index (κ1) is 6.99. The average Bonchev–Trinajstić information content (AvgIpc) is 2.10. The fraction of sp³-hybridized carbons (Fsp3) is 1.00. The molecule has 0 unspecified atom stereocenters. The van der Waals surface area contributed by atoms with E-state index >= 15 is 0 Å². The molecule has 2 N–H and O–H groups in total. The first-order valence-corrected chi connectivity index (χ1v) is 3.28. The van der Waals surface area contributed by atoms with Crippen molar-refractivity contribution in [3.8, 4) is 0 Å². The molecule has 1 heterocycles. The molecule has 54 valence electrons. The molecule has 0 aromatic heterocycles. The van der Waals surface area contributed by atoms with Gasteiger partial charge < -0.3 is 15.3 Å². The van der Waals surface area contributed by atoms with Gasteiger partial charge in [0.05, 0.1) is 6.10 Å². The maximum Gasteiger partial charge on any atom is 0.0832 e. The summed E-state index contributed by atoms with van der Waals surface area (Å²) in [6.45, 7) is 1.75. The van der Waals surface area contributed by atoms with Gasteiger partial charge in [-0.25, -0.2) is 0 Å². The zero-order valence-corrected chi connectivity index (χ0v) is 5.96. The molecule has 0 bridgehead atoms. The van der Waals surface area contributed by atoms with Crippen LogP contribution in [0.25, 0.3) is 0 Å². The second-order valence-corrected chi connectivity index (χ2v) is 2.68. The molecule has 1 aliphatic heterocycles. The van der Waals surface area contributed by atoms with Crippen molar-refractivity contribution in [3.63, 3.8) is 0 Å². The number of hydrogen-bond donors (Lipinski definition) is 2. The van der Waals surface area contributed by atoms with Gasteiger partial charge in [0.15, 0.2) is 0 Å². The minimum Gasteiger partial charge on any atom is -0.390 e. The SMILES string of the molecule is CN[C@H]1CN(C)C[C@@H]1O. The van der Waals surface area contributed by atoms with Crippen molar-refractivity contribution < 1.29 is 5.11 Å². The lowest BCUT2D eigenvalue weighted by Gasteiger charge is -2.10. The van der Waals surface area contributed by atoms with Gasteiger partial charge in [-0.1, -0.05) is 0 Å². The van der Waals surface area contributed by atoms with Crippen LogP contribution in [0.3, 0.4) is 0 Å². The van der Waals surface area contributed by atoms with Crippen molar-refractivity contribution >= 4 is 0 Å². The van der Waals surface area contributed by atoms with Crippen molar-refractivity contribution in [2.75, 3.05) is 27.2 Å². The molecule has 1 aliphatic rings. The maximum absolute atomic E-state index is 9.26. The number of rotatable bonds is 1. The highest BCUT2D eigenvalue weighted by molar-refractivity contribution is 4.85. The van der Waals surface area contributed by atoms with Crippen LogP contribution in [0.1, 0.15) is 0 Å². The van der Waals surface area contributed by atoms with Gasteiger partial charge in [0.2, 0.25) is 0 Å². The van der Waals surface area contributed by atoms with Crippen LogP contribution in [0.15, 0.2) is 0 Å². The Balaban J connectivity index is 2.38. The van der Waals surface area contributed by atoms with E-state index in [0.717, 1.165) is 13.1 Å². The summed E-state index contributed by atoms with van der Waals surface area (Å²) in [5, 5.41) is 12.3. The zero-order chi connectivity index (χ0) is 6.85. The highest BCUT2D eigenvalue weighted by Gasteiger charge is 2.26. The summed E-state index contributed by atoms with van der Waals surface area (Å²) in [5.41, 5.74) is 0. The monoisotopic (exact) mass is 130 g/mol. The number of β-amino-alcohol motifs (C(OH)–C–C–N with tert-alkyl or cyclic N) is 1. The van der Waals surface area contributed by atoms with Crippen molar-refractivity contribution in [2.45, 2.75) is 12.1 Å². The third-order valence-corrected chi connectivity index (χ3v) is 1.84. The number of likely N-dealkylation sites (tertiary alicyclic amines) is 1. The fourth-order valence-electron chi connectivity index (χ4n) is 1.26. The molecule has 0 aromatic rings. The Hall–Kier alpha value is -0.120. The number of aliphatic hydroxyl groups is 1. The lowest BCUT2D eigenvalue weighted by Crippen LogP contribution is -2.36. The van der Waals surface area contributed by atoms with E-state index < -0.39 is 0 Å². The number of hydrogen-bond acceptors (Lipinski definition) is 3. The van der Waals surface area contributed by atoms with Crippen LogP contribution in [0.4, 0.5) is 0 Å². The number of likely N-dealkylation sites (N-methyl/N-ethyl adjacent to an activating group) is 2. The van der Waals surface area contributed by atoms with Gasteiger partial charge >= 0.3 is 0 Å². The van der Waals surface area contributed by atoms with Crippen LogP contribution in [0.2, 0.25) is 0 Å². The molecule has 9 heavy (non-hydrogen) atoms. The summed E-state index contributed by atoms with van der Waals surface area (Å²) < 4.78 is 0. The van der Waals surface area contributed by atoms with Crippen LogP contribution in [0.5, 0.6) is 0 Å². The quantitative estimate of drug-likeness (QED) is 0.472. The van der Waals surface area contributed by atoms with Gasteiger partial charge in [0.1, 0.15) is 0 Å². The lowest BCUT2D eigenvalue weighted by molar-refractivity contribution is 0.160. The van der Waals surface area contributed by atoms with Gasteiger partial charge in [-0.05, 0) is 14.1 Å². The van der Waals surface area contributed by atoms with Crippen LogP contribution in [-0.2, 0) is 0 Å². The standard InChI is InChI=1S/C6H14N2O/c1-7-5-3-8(2)4-6(5)9/h5-7,9H,3-4H2,1-2H3/t5-,6-/m0/s1. The summed E-state index contributed by atoms with van der Waals surface area (Å²) in [4.78, 5) is 2.12. The molecule has 0 aromatic carbocycles. The van der Waals surface area contributed by atoms with E-state index in [0.29, 0.717) is 0 Å². The Labute approximate surface area is 55.7 Å². The largest absolute Gasteiger partial charge is 0.390 e. The summed E-state index contributed by atoms with van der Waals surface area (Å²) in [7, 11) is 3.90. The predicted octanol–water partition coefficient (Wildman–Crippen LogP) is -1.12. The van der Waals surface area contributed by atoms with E-state index in [1.54, 1.807) is 0 Å². The van der Waals surface area contributed by atoms with Crippen LogP contribution in [0, 0.1) is 0 Å². The summed E-state index contributed by atoms with van der Waals surface area (Å²) in [6, 6.07) is 0.273. The van der Waals surface area contributed by atoms with E-state index in [-0.39, 0.29) is 12.1 Å². The number of nitrogens with zero attached hydrogens (tertiary/aromatic N) is 1. The van der Waals surface area contributed by atoms with Gasteiger partial charge in [-0.3, -0.25) is 0 Å². The molecule has 0 radical (unpaired) electrons. The van der Waals surface area contributed by atoms with E-state index in [4.69, 9.17) is 0 Å². The zero-order valence-electron chi connectivity index (χ0n) is 5.96. The third-order valence-electron chi connectivity index (χ3n) is 1.84. The highest BCUT2D eigenvalue weighted by Crippen LogP contribution is 2.05. The van der Waals surface area contributed by atoms with Crippen molar-refractivity contribution in [3.05, 3.63) is 0 Å². The summed E-state index contributed by atoms with van der Waals surface area (Å²) in [5.74, 6) is 0. The van der Waals surface area contributed by atoms with Crippen molar-refractivity contribution in [2.24, 2.45) is 0 Å². The molecule has 0 amide bonds. The smallest absolute Gasteiger partial charge is 0.0832 e. The molecule has 3 nitrogen and oxygen atoms in total. The molecule has 0 spiro atoms. The minimum absolute atomic E-state index is 0.181. The Bertz CT molecular complexity index is 97.1. The van der Waals surface area contributed by atoms with Gasteiger partial charge in [0, 0.05) is 19.1 Å². The third kappa shape index (κ3) is 1.41. The molecule has 2 atom stereocenters. The Morgan fingerprint density at radius 3 is 2.44 bits per heavy atom. The molecule has 1 fully saturated rings. The Morgan fingerprint density at radius 2 is 2.22 bits per heavy atom. The van der Waals surface area contributed by atoms with Gasteiger partial charge in [-0.15, -0.1) is 0 Å². The van der Waals surface area contributed by atoms with Crippen molar-refractivity contribution in [1.82, 2.24) is 10.2 Å². The average molecular weight is 130 g/mol. The molecule has 1 rings (SSSR count). The molecule has 0 aliphatic carbocycles. The molecular weight excluding hydrogens is 116 g/mol. The van der Waals surface area contributed by atoms with Crippen LogP contribution < -0.4 is 5.32 Å². The summed E-state index contributed by atoms with van der Waals surface area (Å²) in [6.07, 6.45) is -0.181. The topological polar surface area (TPSA) is 35.5 Å². The van der Waals surface area contributed by atoms with E-state index in [2.05, 4.69) is 10.2 Å². The lowest BCUT2D eigenvalue weighted by atomic mass is 10.2. The van der Waals surface area contributed by atoms with Gasteiger partial charge in [-0.2, -0.15) is 0 Å². The second-order valence-electron chi connectivity index (χ2n) is 2.68. The Morgan fingerprint density at radius 1 is 1.56 bits per heavy atom. The predicted molar refractivity (Wildman–Crippen MR) is 36.4 cm³/mol. The van der Waals surface area contributed by atoms with E-state index in [1.165, 1.54) is 0 Å². The molecule has 3 heteroatoms. The fourth-order valence-corrected chi connectivity index (χ4v) is 1.26. The maximum atomic E-state index is 9.26. The first-order chi connectivity index (χ1) is 4.24. The molecule has 1 saturated heterocycles. The number of aliphatic hydroxyl groups excluding tert-OH is 1. The van der Waals surface area contributed by atoms with Crippen LogP contribution in [-0.4, -0.2) is 49.3 Å². The van der Waals surface area contributed by atoms with Crippen LogP contribution >= 0.6 is 0 Å². The normalized spacial score (nSPS) is 37.7. The van der Waals surface area contributed by atoms with Crippen molar-refractivity contribution in [1.29, 1.82) is 0 Å². The summed E-state index contributed by atoms with van der Waals surface area (Å²) >= 11 is 0. The minimum atomic E-state index is -0.181.